The molecule has 0 aliphatic carbocycles. The number of aliphatic hydroxyl groups is 1. The van der Waals surface area contributed by atoms with Crippen LogP contribution in [-0.4, -0.2) is 15.3 Å². The maximum Gasteiger partial charge on any atom is 0.125 e. The predicted octanol–water partition coefficient (Wildman–Crippen LogP) is 1.44. The van der Waals surface area contributed by atoms with Crippen molar-refractivity contribution in [1.29, 1.82) is 0 Å². The van der Waals surface area contributed by atoms with Gasteiger partial charge in [0.1, 0.15) is 11.9 Å². The third kappa shape index (κ3) is 1.40. The van der Waals surface area contributed by atoms with E-state index in [-0.39, 0.29) is 0 Å². The fourth-order valence-electron chi connectivity index (χ4n) is 1.33. The van der Waals surface area contributed by atoms with Gasteiger partial charge in [-0.15, -0.1) is 11.3 Å². The van der Waals surface area contributed by atoms with Crippen molar-refractivity contribution in [2.24, 2.45) is 0 Å². The second-order valence-corrected chi connectivity index (χ2v) is 4.06. The Labute approximate surface area is 85.4 Å². The number of aliphatic hydroxyl groups excluding tert-OH is 1. The van der Waals surface area contributed by atoms with Crippen LogP contribution in [0.5, 0.6) is 0 Å². The quantitative estimate of drug-likeness (QED) is 0.700. The molecule has 0 amide bonds. The lowest BCUT2D eigenvalue weighted by molar-refractivity contribution is 0.224. The Hall–Kier alpha value is -1.33. The minimum Gasteiger partial charge on any atom is -0.384 e. The number of aromatic nitrogens is 2. The fourth-order valence-corrected chi connectivity index (χ4v) is 2.26. The van der Waals surface area contributed by atoms with Gasteiger partial charge in [0, 0.05) is 10.4 Å². The highest BCUT2D eigenvalue weighted by Crippen LogP contribution is 2.30. The van der Waals surface area contributed by atoms with E-state index < -0.39 is 6.10 Å². The van der Waals surface area contributed by atoms with Gasteiger partial charge in [0.2, 0.25) is 0 Å². The van der Waals surface area contributed by atoms with Crippen LogP contribution in [-0.2, 0) is 0 Å². The number of hydrogen-bond acceptors (Lipinski definition) is 4. The Kier molecular flexibility index (Phi) is 2.26. The van der Waals surface area contributed by atoms with Gasteiger partial charge in [-0.1, -0.05) is 0 Å². The van der Waals surface area contributed by atoms with Gasteiger partial charge < -0.3 is 10.8 Å². The number of nitrogens with zero attached hydrogens (tertiary/aromatic N) is 1. The highest BCUT2D eigenvalue weighted by Gasteiger charge is 2.17. The van der Waals surface area contributed by atoms with Gasteiger partial charge in [-0.25, -0.2) is 0 Å². The molecule has 1 atom stereocenters. The van der Waals surface area contributed by atoms with Gasteiger partial charge in [0.25, 0.3) is 0 Å². The van der Waals surface area contributed by atoms with Crippen molar-refractivity contribution in [3.63, 3.8) is 0 Å². The molecule has 2 rings (SSSR count). The number of H-pyrrole nitrogens is 1. The third-order valence-electron chi connectivity index (χ3n) is 2.14. The van der Waals surface area contributed by atoms with E-state index >= 15 is 0 Å². The van der Waals surface area contributed by atoms with Crippen molar-refractivity contribution in [3.8, 4) is 0 Å². The Morgan fingerprint density at radius 1 is 1.64 bits per heavy atom. The van der Waals surface area contributed by atoms with E-state index in [1.807, 2.05) is 18.4 Å². The first kappa shape index (κ1) is 9.23. The monoisotopic (exact) mass is 209 g/mol. The van der Waals surface area contributed by atoms with Crippen molar-refractivity contribution in [2.45, 2.75) is 13.0 Å². The van der Waals surface area contributed by atoms with E-state index in [0.29, 0.717) is 11.4 Å². The molecule has 0 fully saturated rings. The maximum atomic E-state index is 10.0. The minimum atomic E-state index is -0.672. The van der Waals surface area contributed by atoms with Crippen LogP contribution < -0.4 is 5.73 Å². The molecule has 2 heterocycles. The number of hydrogen-bond donors (Lipinski definition) is 3. The average molecular weight is 209 g/mol. The van der Waals surface area contributed by atoms with E-state index in [9.17, 15) is 5.11 Å². The van der Waals surface area contributed by atoms with Crippen molar-refractivity contribution in [1.82, 2.24) is 10.2 Å². The van der Waals surface area contributed by atoms with E-state index in [0.717, 1.165) is 10.4 Å². The summed E-state index contributed by atoms with van der Waals surface area (Å²) >= 11 is 1.52. The second-order valence-electron chi connectivity index (χ2n) is 3.11. The second kappa shape index (κ2) is 3.43. The summed E-state index contributed by atoms with van der Waals surface area (Å²) in [7, 11) is 0. The number of anilines is 1. The van der Waals surface area contributed by atoms with Crippen molar-refractivity contribution in [3.05, 3.63) is 33.6 Å². The molecule has 0 aromatic carbocycles. The Morgan fingerprint density at radius 3 is 2.93 bits per heavy atom. The molecular formula is C9H11N3OS. The molecule has 0 radical (unpaired) electrons. The average Bonchev–Trinajstić information content (AvgIpc) is 2.73. The van der Waals surface area contributed by atoms with Crippen LogP contribution in [0.1, 0.15) is 22.1 Å². The van der Waals surface area contributed by atoms with E-state index in [1.54, 1.807) is 6.20 Å². The lowest BCUT2D eigenvalue weighted by Crippen LogP contribution is -2.01. The molecule has 2 aromatic rings. The summed E-state index contributed by atoms with van der Waals surface area (Å²) in [5, 5.41) is 18.3. The number of nitrogens with one attached hydrogen (secondary N) is 1. The predicted molar refractivity (Wildman–Crippen MR) is 56.1 cm³/mol. The molecule has 0 bridgehead atoms. The first-order valence-electron chi connectivity index (χ1n) is 4.21. The van der Waals surface area contributed by atoms with Crippen LogP contribution in [0.3, 0.4) is 0 Å². The van der Waals surface area contributed by atoms with Crippen molar-refractivity contribution >= 4 is 17.2 Å². The molecule has 4 nitrogen and oxygen atoms in total. The molecule has 5 heteroatoms. The number of aryl methyl sites for hydroxylation is 1. The molecule has 2 aromatic heterocycles. The van der Waals surface area contributed by atoms with E-state index in [4.69, 9.17) is 5.73 Å². The molecule has 0 saturated carbocycles. The van der Waals surface area contributed by atoms with Crippen LogP contribution >= 0.6 is 11.3 Å². The maximum absolute atomic E-state index is 10.0. The van der Waals surface area contributed by atoms with Gasteiger partial charge >= 0.3 is 0 Å². The normalized spacial score (nSPS) is 13.0. The number of nitrogen functional groups attached to an aromatic ring is 1. The molecule has 0 aliphatic rings. The minimum absolute atomic E-state index is 0.422. The molecule has 74 valence electrons. The summed E-state index contributed by atoms with van der Waals surface area (Å²) in [6.45, 7) is 1.96. The van der Waals surface area contributed by atoms with Crippen LogP contribution in [0.15, 0.2) is 17.6 Å². The van der Waals surface area contributed by atoms with Crippen LogP contribution in [0.4, 0.5) is 5.82 Å². The Bertz CT molecular complexity index is 394. The zero-order valence-electron chi connectivity index (χ0n) is 7.69. The number of thiophene rings is 1. The lowest BCUT2D eigenvalue weighted by atomic mass is 10.1. The van der Waals surface area contributed by atoms with Gasteiger partial charge in [-0.3, -0.25) is 5.10 Å². The standard InChI is InChI=1S/C9H11N3OS/c1-5-2-3-14-8(5)7(13)6-4-11-12-9(6)10/h2-4,7,13H,1H3,(H3,10,11,12). The van der Waals surface area contributed by atoms with Gasteiger partial charge in [0.05, 0.1) is 6.20 Å². The van der Waals surface area contributed by atoms with Gasteiger partial charge in [-0.05, 0) is 23.9 Å². The number of aromatic amines is 1. The zero-order chi connectivity index (χ0) is 10.1. The smallest absolute Gasteiger partial charge is 0.125 e. The summed E-state index contributed by atoms with van der Waals surface area (Å²) in [5.74, 6) is 0.422. The highest BCUT2D eigenvalue weighted by atomic mass is 32.1. The largest absolute Gasteiger partial charge is 0.384 e. The molecule has 14 heavy (non-hydrogen) atoms. The first-order chi connectivity index (χ1) is 6.70. The van der Waals surface area contributed by atoms with Crippen LogP contribution in [0, 0.1) is 6.92 Å². The number of rotatable bonds is 2. The lowest BCUT2D eigenvalue weighted by Gasteiger charge is -2.08. The first-order valence-corrected chi connectivity index (χ1v) is 5.09. The molecule has 0 saturated heterocycles. The third-order valence-corrected chi connectivity index (χ3v) is 3.22. The molecular weight excluding hydrogens is 198 g/mol. The number of nitrogens with two attached hydrogens (primary N) is 1. The Balaban J connectivity index is 2.38. The van der Waals surface area contributed by atoms with Crippen LogP contribution in [0.2, 0.25) is 0 Å². The van der Waals surface area contributed by atoms with E-state index in [2.05, 4.69) is 10.2 Å². The zero-order valence-corrected chi connectivity index (χ0v) is 8.51. The van der Waals surface area contributed by atoms with Crippen LogP contribution in [0.25, 0.3) is 0 Å². The summed E-state index contributed by atoms with van der Waals surface area (Å²) in [6, 6.07) is 1.97. The SMILES string of the molecule is Cc1ccsc1C(O)c1cn[nH]c1N. The topological polar surface area (TPSA) is 74.9 Å². The molecule has 0 spiro atoms. The highest BCUT2D eigenvalue weighted by molar-refractivity contribution is 7.10. The summed E-state index contributed by atoms with van der Waals surface area (Å²) in [6.07, 6.45) is 0.882. The molecule has 1 unspecified atom stereocenters. The van der Waals surface area contributed by atoms with Crippen molar-refractivity contribution in [2.75, 3.05) is 5.73 Å². The summed E-state index contributed by atoms with van der Waals surface area (Å²) < 4.78 is 0. The van der Waals surface area contributed by atoms with Gasteiger partial charge in [-0.2, -0.15) is 5.10 Å². The summed E-state index contributed by atoms with van der Waals surface area (Å²) in [4.78, 5) is 0.915. The van der Waals surface area contributed by atoms with Crippen molar-refractivity contribution < 1.29 is 5.11 Å². The fraction of sp³-hybridized carbons (Fsp3) is 0.222. The summed E-state index contributed by atoms with van der Waals surface area (Å²) in [5.41, 5.74) is 7.33. The van der Waals surface area contributed by atoms with E-state index in [1.165, 1.54) is 11.3 Å². The molecule has 0 aliphatic heterocycles. The molecule has 4 N–H and O–H groups in total. The Morgan fingerprint density at radius 2 is 2.43 bits per heavy atom. The van der Waals surface area contributed by atoms with Gasteiger partial charge in [0.15, 0.2) is 0 Å².